The van der Waals surface area contributed by atoms with Crippen LogP contribution in [0.25, 0.3) is 0 Å². The van der Waals surface area contributed by atoms with Crippen LogP contribution in [0.1, 0.15) is 43.0 Å². The first kappa shape index (κ1) is 22.5. The van der Waals surface area contributed by atoms with Gasteiger partial charge in [-0.1, -0.05) is 30.3 Å². The van der Waals surface area contributed by atoms with Crippen LogP contribution in [0.5, 0.6) is 0 Å². The summed E-state index contributed by atoms with van der Waals surface area (Å²) in [5.74, 6) is -0.573. The number of nitrogens with one attached hydrogen (secondary N) is 1. The molecule has 4 rings (SSSR count). The molecule has 0 radical (unpaired) electrons. The highest BCUT2D eigenvalue weighted by atomic mass is 32.1. The van der Waals surface area contributed by atoms with Crippen molar-refractivity contribution >= 4 is 40.5 Å². The van der Waals surface area contributed by atoms with Gasteiger partial charge in [-0.3, -0.25) is 14.4 Å². The SMILES string of the molecule is CC(=O)c1ccc(N2CCN(C(=O)c3snc(C(=O)NCc4ccccc4)c3N)CC2)cc1. The number of carbonyl (C=O) groups excluding carboxylic acids is 3. The van der Waals surface area contributed by atoms with Gasteiger partial charge < -0.3 is 20.9 Å². The van der Waals surface area contributed by atoms with Crippen LogP contribution in [-0.4, -0.2) is 53.1 Å². The molecule has 3 aromatic rings. The van der Waals surface area contributed by atoms with E-state index in [2.05, 4.69) is 14.6 Å². The van der Waals surface area contributed by atoms with Crippen LogP contribution in [0.3, 0.4) is 0 Å². The van der Waals surface area contributed by atoms with Gasteiger partial charge in [0.1, 0.15) is 4.88 Å². The Morgan fingerprint density at radius 1 is 1.00 bits per heavy atom. The number of hydrogen-bond donors (Lipinski definition) is 2. The predicted molar refractivity (Wildman–Crippen MR) is 129 cm³/mol. The molecular formula is C24H25N5O3S. The number of hydrogen-bond acceptors (Lipinski definition) is 7. The fraction of sp³-hybridized carbons (Fsp3) is 0.250. The molecule has 1 aromatic heterocycles. The van der Waals surface area contributed by atoms with E-state index in [1.807, 2.05) is 54.6 Å². The molecule has 1 aliphatic heterocycles. The number of rotatable bonds is 6. The highest BCUT2D eigenvalue weighted by molar-refractivity contribution is 7.09. The van der Waals surface area contributed by atoms with Crippen molar-refractivity contribution < 1.29 is 14.4 Å². The van der Waals surface area contributed by atoms with Crippen molar-refractivity contribution in [1.29, 1.82) is 0 Å². The zero-order chi connectivity index (χ0) is 23.4. The minimum atomic E-state index is -0.398. The first-order valence-corrected chi connectivity index (χ1v) is 11.4. The van der Waals surface area contributed by atoms with Crippen molar-refractivity contribution in [1.82, 2.24) is 14.6 Å². The zero-order valence-corrected chi connectivity index (χ0v) is 19.1. The normalized spacial score (nSPS) is 13.6. The van der Waals surface area contributed by atoms with Crippen LogP contribution >= 0.6 is 11.5 Å². The van der Waals surface area contributed by atoms with Crippen LogP contribution in [-0.2, 0) is 6.54 Å². The summed E-state index contributed by atoms with van der Waals surface area (Å²) >= 11 is 0.957. The van der Waals surface area contributed by atoms with Gasteiger partial charge in [-0.05, 0) is 48.3 Å². The molecular weight excluding hydrogens is 438 g/mol. The summed E-state index contributed by atoms with van der Waals surface area (Å²) < 4.78 is 4.15. The van der Waals surface area contributed by atoms with Crippen LogP contribution in [0.4, 0.5) is 11.4 Å². The molecule has 0 unspecified atom stereocenters. The Bertz CT molecular complexity index is 1150. The summed E-state index contributed by atoms with van der Waals surface area (Å²) in [5.41, 5.74) is 9.00. The number of ketones is 1. The number of nitrogen functional groups attached to an aromatic ring is 1. The standard InChI is InChI=1S/C24H25N5O3S/c1-16(30)18-7-9-19(10-8-18)28-11-13-29(14-12-28)24(32)22-20(25)21(27-33-22)23(31)26-15-17-5-3-2-4-6-17/h2-10H,11-15,25H2,1H3,(H,26,31). The van der Waals surface area contributed by atoms with Crippen molar-refractivity contribution in [3.05, 3.63) is 76.3 Å². The second-order valence-electron chi connectivity index (χ2n) is 7.82. The van der Waals surface area contributed by atoms with Gasteiger partial charge in [0.15, 0.2) is 11.5 Å². The summed E-state index contributed by atoms with van der Waals surface area (Å²) in [6, 6.07) is 17.0. The topological polar surface area (TPSA) is 109 Å². The molecule has 8 nitrogen and oxygen atoms in total. The van der Waals surface area contributed by atoms with Crippen LogP contribution in [0, 0.1) is 0 Å². The Morgan fingerprint density at radius 2 is 1.67 bits per heavy atom. The molecule has 0 spiro atoms. The number of benzene rings is 2. The maximum atomic E-state index is 13.0. The Labute approximate surface area is 196 Å². The molecule has 0 bridgehead atoms. The number of aromatic nitrogens is 1. The van der Waals surface area contributed by atoms with Gasteiger partial charge >= 0.3 is 0 Å². The Kier molecular flexibility index (Phi) is 6.69. The average Bonchev–Trinajstić information content (AvgIpc) is 3.24. The minimum absolute atomic E-state index is 0.0345. The lowest BCUT2D eigenvalue weighted by atomic mass is 10.1. The zero-order valence-electron chi connectivity index (χ0n) is 18.3. The lowest BCUT2D eigenvalue weighted by molar-refractivity contribution is 0.0752. The van der Waals surface area contributed by atoms with Gasteiger partial charge in [0.25, 0.3) is 11.8 Å². The number of Topliss-reactive ketones (excluding diaryl/α,β-unsaturated/α-hetero) is 1. The van der Waals surface area contributed by atoms with Crippen molar-refractivity contribution in [3.63, 3.8) is 0 Å². The highest BCUT2D eigenvalue weighted by Gasteiger charge is 2.28. The monoisotopic (exact) mass is 463 g/mol. The molecule has 1 aliphatic rings. The van der Waals surface area contributed by atoms with E-state index in [9.17, 15) is 14.4 Å². The number of carbonyl (C=O) groups is 3. The lowest BCUT2D eigenvalue weighted by Gasteiger charge is -2.36. The third-order valence-electron chi connectivity index (χ3n) is 5.64. The fourth-order valence-corrected chi connectivity index (χ4v) is 4.46. The smallest absolute Gasteiger partial charge is 0.273 e. The molecule has 2 aromatic carbocycles. The summed E-state index contributed by atoms with van der Waals surface area (Å²) in [7, 11) is 0. The lowest BCUT2D eigenvalue weighted by Crippen LogP contribution is -2.48. The Balaban J connectivity index is 1.35. The van der Waals surface area contributed by atoms with E-state index in [1.54, 1.807) is 11.8 Å². The molecule has 1 fully saturated rings. The largest absolute Gasteiger partial charge is 0.395 e. The molecule has 2 amide bonds. The molecule has 9 heteroatoms. The first-order chi connectivity index (χ1) is 15.9. The van der Waals surface area contributed by atoms with Gasteiger partial charge in [0, 0.05) is 44.0 Å². The van der Waals surface area contributed by atoms with E-state index in [1.165, 1.54) is 0 Å². The second-order valence-corrected chi connectivity index (χ2v) is 8.60. The third-order valence-corrected chi connectivity index (χ3v) is 6.49. The minimum Gasteiger partial charge on any atom is -0.395 e. The van der Waals surface area contributed by atoms with E-state index >= 15 is 0 Å². The van der Waals surface area contributed by atoms with E-state index in [-0.39, 0.29) is 23.1 Å². The van der Waals surface area contributed by atoms with E-state index in [0.717, 1.165) is 22.8 Å². The molecule has 33 heavy (non-hydrogen) atoms. The molecule has 0 aliphatic carbocycles. The van der Waals surface area contributed by atoms with Gasteiger partial charge in [-0.2, -0.15) is 4.37 Å². The van der Waals surface area contributed by atoms with Crippen LogP contribution in [0.2, 0.25) is 0 Å². The van der Waals surface area contributed by atoms with Crippen molar-refractivity contribution in [3.8, 4) is 0 Å². The summed E-state index contributed by atoms with van der Waals surface area (Å²) in [6.07, 6.45) is 0. The van der Waals surface area contributed by atoms with Crippen LogP contribution in [0.15, 0.2) is 54.6 Å². The summed E-state index contributed by atoms with van der Waals surface area (Å²) in [5, 5.41) is 2.80. The third kappa shape index (κ3) is 5.04. The number of anilines is 2. The van der Waals surface area contributed by atoms with Gasteiger partial charge in [-0.25, -0.2) is 0 Å². The molecule has 170 valence electrons. The number of nitrogens with zero attached hydrogens (tertiary/aromatic N) is 3. The maximum Gasteiger partial charge on any atom is 0.273 e. The predicted octanol–water partition coefficient (Wildman–Crippen LogP) is 2.82. The average molecular weight is 464 g/mol. The van der Waals surface area contributed by atoms with E-state index in [4.69, 9.17) is 5.73 Å². The first-order valence-electron chi connectivity index (χ1n) is 10.7. The molecule has 0 saturated carbocycles. The van der Waals surface area contributed by atoms with Crippen LogP contribution < -0.4 is 16.0 Å². The molecule has 3 N–H and O–H groups in total. The number of nitrogens with two attached hydrogens (primary N) is 1. The Hall–Kier alpha value is -3.72. The van der Waals surface area contributed by atoms with E-state index < -0.39 is 5.91 Å². The maximum absolute atomic E-state index is 13.0. The van der Waals surface area contributed by atoms with Gasteiger partial charge in [0.2, 0.25) is 0 Å². The van der Waals surface area contributed by atoms with E-state index in [0.29, 0.717) is 43.2 Å². The summed E-state index contributed by atoms with van der Waals surface area (Å²) in [6.45, 7) is 4.28. The highest BCUT2D eigenvalue weighted by Crippen LogP contribution is 2.25. The van der Waals surface area contributed by atoms with Gasteiger partial charge in [0.05, 0.1) is 5.69 Å². The molecule has 0 atom stereocenters. The number of piperazine rings is 1. The van der Waals surface area contributed by atoms with Crippen molar-refractivity contribution in [2.24, 2.45) is 0 Å². The fourth-order valence-electron chi connectivity index (χ4n) is 3.70. The van der Waals surface area contributed by atoms with Crippen molar-refractivity contribution in [2.75, 3.05) is 36.8 Å². The Morgan fingerprint density at radius 3 is 2.30 bits per heavy atom. The molecule has 1 saturated heterocycles. The molecule has 2 heterocycles. The summed E-state index contributed by atoms with van der Waals surface area (Å²) in [4.78, 5) is 41.2. The quantitative estimate of drug-likeness (QED) is 0.544. The van der Waals surface area contributed by atoms with Gasteiger partial charge in [-0.15, -0.1) is 0 Å². The number of amides is 2. The van der Waals surface area contributed by atoms with Crippen molar-refractivity contribution in [2.45, 2.75) is 13.5 Å². The second kappa shape index (κ2) is 9.83.